The minimum atomic E-state index is 0.841. The van der Waals surface area contributed by atoms with Crippen molar-refractivity contribution in [3.8, 4) is 10.6 Å². The van der Waals surface area contributed by atoms with Crippen LogP contribution in [0, 0.1) is 0 Å². The van der Waals surface area contributed by atoms with Crippen molar-refractivity contribution in [3.05, 3.63) is 70.7 Å². The second-order valence-electron chi connectivity index (χ2n) is 6.58. The number of para-hydroxylation sites is 1. The molecule has 134 valence electrons. The lowest BCUT2D eigenvalue weighted by atomic mass is 10.2. The average molecular weight is 384 g/mol. The topological polar surface area (TPSA) is 19.4 Å². The van der Waals surface area contributed by atoms with Crippen molar-refractivity contribution >= 4 is 28.6 Å². The fraction of sp³-hybridized carbons (Fsp3) is 0.286. The second-order valence-corrected chi connectivity index (χ2v) is 7.84. The lowest BCUT2D eigenvalue weighted by Crippen LogP contribution is -2.30. The summed E-state index contributed by atoms with van der Waals surface area (Å²) in [4.78, 5) is 9.74. The van der Waals surface area contributed by atoms with E-state index in [-0.39, 0.29) is 0 Å². The smallest absolute Gasteiger partial charge is 0.123 e. The molecule has 0 amide bonds. The van der Waals surface area contributed by atoms with Crippen molar-refractivity contribution in [2.45, 2.75) is 13.0 Å². The average Bonchev–Trinajstić information content (AvgIpc) is 3.02. The van der Waals surface area contributed by atoms with Gasteiger partial charge < -0.3 is 4.90 Å². The molecule has 4 rings (SSSR count). The monoisotopic (exact) mass is 383 g/mol. The van der Waals surface area contributed by atoms with Crippen molar-refractivity contribution in [2.24, 2.45) is 0 Å². The molecule has 3 aromatic rings. The molecule has 5 heteroatoms. The van der Waals surface area contributed by atoms with Crippen LogP contribution in [-0.4, -0.2) is 36.1 Å². The molecule has 1 aliphatic heterocycles. The van der Waals surface area contributed by atoms with Crippen LogP contribution in [0.3, 0.4) is 0 Å². The van der Waals surface area contributed by atoms with Gasteiger partial charge in [0.15, 0.2) is 0 Å². The highest BCUT2D eigenvalue weighted by Gasteiger charge is 2.18. The number of thiazole rings is 1. The minimum absolute atomic E-state index is 0.841. The number of nitrogens with zero attached hydrogens (tertiary/aromatic N) is 3. The Morgan fingerprint density at radius 3 is 2.58 bits per heavy atom. The SMILES string of the molecule is Clc1ccccc1N1CCCN(Cc2csc(-c3ccccc3)n2)CC1. The molecule has 0 bridgehead atoms. The Kier molecular flexibility index (Phi) is 5.54. The number of hydrogen-bond acceptors (Lipinski definition) is 4. The van der Waals surface area contributed by atoms with Crippen molar-refractivity contribution in [3.63, 3.8) is 0 Å². The van der Waals surface area contributed by atoms with Crippen LogP contribution in [-0.2, 0) is 6.54 Å². The van der Waals surface area contributed by atoms with E-state index in [9.17, 15) is 0 Å². The third-order valence-corrected chi connectivity index (χ3v) is 6.00. The van der Waals surface area contributed by atoms with Crippen LogP contribution in [0.15, 0.2) is 60.0 Å². The number of hydrogen-bond donors (Lipinski definition) is 0. The van der Waals surface area contributed by atoms with Crippen molar-refractivity contribution < 1.29 is 0 Å². The molecule has 2 aromatic carbocycles. The first-order valence-corrected chi connectivity index (χ1v) is 10.3. The Morgan fingerprint density at radius 1 is 0.923 bits per heavy atom. The molecule has 0 spiro atoms. The fourth-order valence-electron chi connectivity index (χ4n) is 3.40. The number of benzene rings is 2. The molecule has 1 aromatic heterocycles. The van der Waals surface area contributed by atoms with E-state index in [0.29, 0.717) is 0 Å². The van der Waals surface area contributed by atoms with E-state index in [2.05, 4.69) is 51.6 Å². The van der Waals surface area contributed by atoms with Crippen molar-refractivity contribution in [2.75, 3.05) is 31.1 Å². The van der Waals surface area contributed by atoms with Gasteiger partial charge >= 0.3 is 0 Å². The molecule has 1 fully saturated rings. The first-order chi connectivity index (χ1) is 12.8. The molecular weight excluding hydrogens is 362 g/mol. The van der Waals surface area contributed by atoms with Gasteiger partial charge in [-0.15, -0.1) is 11.3 Å². The van der Waals surface area contributed by atoms with Crippen molar-refractivity contribution in [1.29, 1.82) is 0 Å². The van der Waals surface area contributed by atoms with E-state index in [1.165, 1.54) is 11.3 Å². The largest absolute Gasteiger partial charge is 0.369 e. The highest BCUT2D eigenvalue weighted by Crippen LogP contribution is 2.27. The van der Waals surface area contributed by atoms with Gasteiger partial charge in [0, 0.05) is 43.7 Å². The summed E-state index contributed by atoms with van der Waals surface area (Å²) in [5.41, 5.74) is 3.51. The zero-order valence-electron chi connectivity index (χ0n) is 14.6. The lowest BCUT2D eigenvalue weighted by molar-refractivity contribution is 0.282. The molecule has 0 atom stereocenters. The Morgan fingerprint density at radius 2 is 1.73 bits per heavy atom. The Labute approximate surface area is 163 Å². The number of halogens is 1. The summed E-state index contributed by atoms with van der Waals surface area (Å²) in [6, 6.07) is 18.5. The zero-order chi connectivity index (χ0) is 17.8. The minimum Gasteiger partial charge on any atom is -0.369 e. The summed E-state index contributed by atoms with van der Waals surface area (Å²) < 4.78 is 0. The van der Waals surface area contributed by atoms with Crippen molar-refractivity contribution in [1.82, 2.24) is 9.88 Å². The summed E-state index contributed by atoms with van der Waals surface area (Å²) in [7, 11) is 0. The molecule has 2 heterocycles. The van der Waals surface area contributed by atoms with Crippen LogP contribution in [0.25, 0.3) is 10.6 Å². The third kappa shape index (κ3) is 4.09. The van der Waals surface area contributed by atoms with Crippen LogP contribution in [0.1, 0.15) is 12.1 Å². The maximum Gasteiger partial charge on any atom is 0.123 e. The van der Waals surface area contributed by atoms with Gasteiger partial charge in [-0.2, -0.15) is 0 Å². The maximum atomic E-state index is 6.37. The predicted octanol–water partition coefficient (Wildman–Crippen LogP) is 5.18. The third-order valence-electron chi connectivity index (χ3n) is 4.74. The van der Waals surface area contributed by atoms with E-state index >= 15 is 0 Å². The predicted molar refractivity (Wildman–Crippen MR) is 111 cm³/mol. The lowest BCUT2D eigenvalue weighted by Gasteiger charge is -2.24. The Hall–Kier alpha value is -1.88. The van der Waals surface area contributed by atoms with Gasteiger partial charge in [0.1, 0.15) is 5.01 Å². The zero-order valence-corrected chi connectivity index (χ0v) is 16.2. The van der Waals surface area contributed by atoms with Gasteiger partial charge in [-0.05, 0) is 18.6 Å². The van der Waals surface area contributed by atoms with Gasteiger partial charge in [0.2, 0.25) is 0 Å². The van der Waals surface area contributed by atoms with E-state index in [4.69, 9.17) is 16.6 Å². The maximum absolute atomic E-state index is 6.37. The molecule has 0 saturated carbocycles. The fourth-order valence-corrected chi connectivity index (χ4v) is 4.47. The van der Waals surface area contributed by atoms with Gasteiger partial charge in [0.25, 0.3) is 0 Å². The van der Waals surface area contributed by atoms with Crippen LogP contribution >= 0.6 is 22.9 Å². The van der Waals surface area contributed by atoms with E-state index in [0.717, 1.165) is 54.9 Å². The van der Waals surface area contributed by atoms with E-state index in [1.807, 2.05) is 18.2 Å². The molecule has 26 heavy (non-hydrogen) atoms. The van der Waals surface area contributed by atoms with E-state index in [1.54, 1.807) is 11.3 Å². The Bertz CT molecular complexity index is 849. The quantitative estimate of drug-likeness (QED) is 0.619. The van der Waals surface area contributed by atoms with E-state index < -0.39 is 0 Å². The molecule has 0 aliphatic carbocycles. The summed E-state index contributed by atoms with van der Waals surface area (Å²) in [6.45, 7) is 5.09. The van der Waals surface area contributed by atoms with Crippen LogP contribution in [0.2, 0.25) is 5.02 Å². The van der Waals surface area contributed by atoms with Gasteiger partial charge in [0.05, 0.1) is 16.4 Å². The summed E-state index contributed by atoms with van der Waals surface area (Å²) in [5.74, 6) is 0. The molecule has 1 aliphatic rings. The standard InChI is InChI=1S/C21H22ClN3S/c22-19-9-4-5-10-20(19)25-12-6-11-24(13-14-25)15-18-16-26-21(23-18)17-7-2-1-3-8-17/h1-5,7-10,16H,6,11-15H2. The summed E-state index contributed by atoms with van der Waals surface area (Å²) in [6.07, 6.45) is 1.14. The molecule has 3 nitrogen and oxygen atoms in total. The van der Waals surface area contributed by atoms with Crippen LogP contribution < -0.4 is 4.90 Å². The second kappa shape index (κ2) is 8.21. The molecule has 0 radical (unpaired) electrons. The summed E-state index contributed by atoms with van der Waals surface area (Å²) in [5, 5.41) is 4.14. The number of aromatic nitrogens is 1. The molecule has 0 N–H and O–H groups in total. The normalized spacial score (nSPS) is 15.8. The molecular formula is C21H22ClN3S. The van der Waals surface area contributed by atoms with Gasteiger partial charge in [-0.1, -0.05) is 54.1 Å². The highest BCUT2D eigenvalue weighted by molar-refractivity contribution is 7.13. The highest BCUT2D eigenvalue weighted by atomic mass is 35.5. The molecule has 1 saturated heterocycles. The number of rotatable bonds is 4. The van der Waals surface area contributed by atoms with Crippen LogP contribution in [0.5, 0.6) is 0 Å². The number of anilines is 1. The molecule has 0 unspecified atom stereocenters. The summed E-state index contributed by atoms with van der Waals surface area (Å²) >= 11 is 8.10. The first kappa shape index (κ1) is 17.5. The van der Waals surface area contributed by atoms with Crippen LogP contribution in [0.4, 0.5) is 5.69 Å². The van der Waals surface area contributed by atoms with Gasteiger partial charge in [-0.25, -0.2) is 4.98 Å². The van der Waals surface area contributed by atoms with Gasteiger partial charge in [-0.3, -0.25) is 4.90 Å². The Balaban J connectivity index is 1.39. The first-order valence-electron chi connectivity index (χ1n) is 9.01.